The summed E-state index contributed by atoms with van der Waals surface area (Å²) in [6.07, 6.45) is 0.185. The second-order valence-electron chi connectivity index (χ2n) is 9.79. The number of H-pyrrole nitrogens is 1. The van der Waals surface area contributed by atoms with E-state index in [1.807, 2.05) is 31.2 Å². The fourth-order valence-electron chi connectivity index (χ4n) is 4.75. The van der Waals surface area contributed by atoms with Crippen molar-refractivity contribution in [3.05, 3.63) is 35.5 Å². The minimum atomic E-state index is -1.39. The van der Waals surface area contributed by atoms with Gasteiger partial charge in [-0.1, -0.05) is 52.3 Å². The zero-order chi connectivity index (χ0) is 25.9. The molecule has 0 aliphatic heterocycles. The molecule has 0 spiro atoms. The van der Waals surface area contributed by atoms with Gasteiger partial charge in [0.15, 0.2) is 0 Å². The summed E-state index contributed by atoms with van der Waals surface area (Å²) in [5.74, 6) is -2.31. The van der Waals surface area contributed by atoms with Gasteiger partial charge in [-0.3, -0.25) is 14.4 Å². The number of carbonyl (C=O) groups is 4. The molecular formula is C25H35N5O5. The van der Waals surface area contributed by atoms with Gasteiger partial charge in [0, 0.05) is 23.0 Å². The first kappa shape index (κ1) is 26.1. The fraction of sp³-hybridized carbons (Fsp3) is 0.520. The highest BCUT2D eigenvalue weighted by molar-refractivity contribution is 5.98. The van der Waals surface area contributed by atoms with Crippen molar-refractivity contribution in [3.8, 4) is 0 Å². The van der Waals surface area contributed by atoms with Crippen LogP contribution < -0.4 is 21.7 Å². The molecule has 10 nitrogen and oxygen atoms in total. The maximum atomic E-state index is 13.7. The number of hydrogen-bond donors (Lipinski definition) is 6. The molecule has 0 saturated heterocycles. The number of aromatic amines is 1. The molecule has 0 radical (unpaired) electrons. The van der Waals surface area contributed by atoms with E-state index in [1.54, 1.807) is 20.8 Å². The van der Waals surface area contributed by atoms with Crippen molar-refractivity contribution in [2.75, 3.05) is 0 Å². The second kappa shape index (κ2) is 10.4. The van der Waals surface area contributed by atoms with Gasteiger partial charge in [-0.25, -0.2) is 4.79 Å². The van der Waals surface area contributed by atoms with Gasteiger partial charge < -0.3 is 31.8 Å². The molecule has 35 heavy (non-hydrogen) atoms. The highest BCUT2D eigenvalue weighted by atomic mass is 16.4. The number of fused-ring (bicyclic) bond motifs is 3. The number of aromatic nitrogens is 1. The lowest BCUT2D eigenvalue weighted by Crippen LogP contribution is -2.67. The van der Waals surface area contributed by atoms with Crippen LogP contribution in [-0.2, 0) is 27.2 Å². The highest BCUT2D eigenvalue weighted by Crippen LogP contribution is 2.34. The van der Waals surface area contributed by atoms with Gasteiger partial charge in [-0.05, 0) is 36.3 Å². The number of benzene rings is 1. The molecule has 1 aromatic carbocycles. The molecular weight excluding hydrogens is 450 g/mol. The quantitative estimate of drug-likeness (QED) is 0.318. The third-order valence-electron chi connectivity index (χ3n) is 7.01. The smallest absolute Gasteiger partial charge is 0.405 e. The number of amides is 4. The van der Waals surface area contributed by atoms with Gasteiger partial charge in [0.05, 0.1) is 0 Å². The number of carbonyl (C=O) groups excluding carboxylic acids is 3. The lowest BCUT2D eigenvalue weighted by atomic mass is 9.78. The van der Waals surface area contributed by atoms with E-state index in [1.165, 1.54) is 0 Å². The maximum Gasteiger partial charge on any atom is 0.405 e. The summed E-state index contributed by atoms with van der Waals surface area (Å²) in [7, 11) is 0. The van der Waals surface area contributed by atoms with Crippen molar-refractivity contribution in [1.29, 1.82) is 0 Å². The predicted molar refractivity (Wildman–Crippen MR) is 132 cm³/mol. The molecule has 2 aromatic rings. The SMILES string of the molecule is CC[C@H](C)[C@H](NC(=O)O)C(=O)N[C@]1(C(=O)N[C@H](C(N)=O)C(C)C)CCc2[nH]c3ccccc3c2C1. The third-order valence-corrected chi connectivity index (χ3v) is 7.01. The molecule has 1 heterocycles. The monoisotopic (exact) mass is 485 g/mol. The van der Waals surface area contributed by atoms with Gasteiger partial charge >= 0.3 is 6.09 Å². The average molecular weight is 486 g/mol. The minimum Gasteiger partial charge on any atom is -0.465 e. The Morgan fingerprint density at radius 2 is 1.80 bits per heavy atom. The first-order valence-corrected chi connectivity index (χ1v) is 12.0. The summed E-state index contributed by atoms with van der Waals surface area (Å²) in [6.45, 7) is 7.17. The van der Waals surface area contributed by atoms with E-state index in [2.05, 4.69) is 20.9 Å². The summed E-state index contributed by atoms with van der Waals surface area (Å²) in [5.41, 5.74) is 6.98. The van der Waals surface area contributed by atoms with E-state index >= 15 is 0 Å². The summed E-state index contributed by atoms with van der Waals surface area (Å²) in [5, 5.41) is 18.2. The molecule has 7 N–H and O–H groups in total. The third kappa shape index (κ3) is 5.41. The largest absolute Gasteiger partial charge is 0.465 e. The minimum absolute atomic E-state index is 0.188. The molecule has 190 valence electrons. The van der Waals surface area contributed by atoms with Crippen LogP contribution in [0, 0.1) is 11.8 Å². The molecule has 3 rings (SSSR count). The number of aryl methyl sites for hydroxylation is 1. The van der Waals surface area contributed by atoms with Crippen LogP contribution in [0.3, 0.4) is 0 Å². The van der Waals surface area contributed by atoms with Crippen molar-refractivity contribution in [1.82, 2.24) is 20.9 Å². The van der Waals surface area contributed by atoms with E-state index in [0.29, 0.717) is 12.8 Å². The Hall–Kier alpha value is -3.56. The standard InChI is InChI=1S/C25H35N5O5/c1-5-14(4)20(29-24(34)35)22(32)30-25(23(33)28-19(13(2)3)21(26)31)11-10-18-16(12-25)15-8-6-7-9-17(15)27-18/h6-9,13-14,19-20,27,29H,5,10-12H2,1-4H3,(H2,26,31)(H,28,33)(H,30,32)(H,34,35)/t14-,19-,20-,25+/m0/s1. The molecule has 0 unspecified atom stereocenters. The topological polar surface area (TPSA) is 166 Å². The van der Waals surface area contributed by atoms with Crippen molar-refractivity contribution in [2.45, 2.75) is 71.0 Å². The number of para-hydroxylation sites is 1. The zero-order valence-electron chi connectivity index (χ0n) is 20.6. The van der Waals surface area contributed by atoms with E-state index in [9.17, 15) is 24.3 Å². The Balaban J connectivity index is 2.02. The molecule has 4 atom stereocenters. The molecule has 0 bridgehead atoms. The first-order valence-electron chi connectivity index (χ1n) is 12.0. The second-order valence-corrected chi connectivity index (χ2v) is 9.79. The van der Waals surface area contributed by atoms with Gasteiger partial charge in [0.25, 0.3) is 0 Å². The summed E-state index contributed by atoms with van der Waals surface area (Å²) in [4.78, 5) is 53.9. The lowest BCUT2D eigenvalue weighted by Gasteiger charge is -2.39. The van der Waals surface area contributed by atoms with Crippen molar-refractivity contribution in [3.63, 3.8) is 0 Å². The molecule has 1 aliphatic rings. The predicted octanol–water partition coefficient (Wildman–Crippen LogP) is 1.82. The Morgan fingerprint density at radius 3 is 2.40 bits per heavy atom. The molecule has 10 heteroatoms. The highest BCUT2D eigenvalue weighted by Gasteiger charge is 2.46. The van der Waals surface area contributed by atoms with Crippen LogP contribution in [0.4, 0.5) is 4.79 Å². The number of rotatable bonds is 9. The number of carboxylic acid groups (broad SMARTS) is 1. The van der Waals surface area contributed by atoms with E-state index in [0.717, 1.165) is 22.2 Å². The molecule has 4 amide bonds. The molecule has 0 saturated carbocycles. The van der Waals surface area contributed by atoms with Crippen LogP contribution in [-0.4, -0.2) is 51.5 Å². The fourth-order valence-corrected chi connectivity index (χ4v) is 4.75. The molecule has 1 aromatic heterocycles. The number of nitrogens with one attached hydrogen (secondary N) is 4. The van der Waals surface area contributed by atoms with E-state index < -0.39 is 41.4 Å². The van der Waals surface area contributed by atoms with E-state index in [4.69, 9.17) is 5.73 Å². The van der Waals surface area contributed by atoms with Crippen molar-refractivity contribution < 1.29 is 24.3 Å². The van der Waals surface area contributed by atoms with Gasteiger partial charge in [0.2, 0.25) is 17.7 Å². The van der Waals surface area contributed by atoms with Gasteiger partial charge in [-0.2, -0.15) is 0 Å². The Morgan fingerprint density at radius 1 is 1.11 bits per heavy atom. The number of hydrogen-bond acceptors (Lipinski definition) is 4. The van der Waals surface area contributed by atoms with Gasteiger partial charge in [0.1, 0.15) is 17.6 Å². The van der Waals surface area contributed by atoms with Crippen LogP contribution in [0.15, 0.2) is 24.3 Å². The summed E-state index contributed by atoms with van der Waals surface area (Å²) < 4.78 is 0. The van der Waals surface area contributed by atoms with E-state index in [-0.39, 0.29) is 24.7 Å². The lowest BCUT2D eigenvalue weighted by molar-refractivity contribution is -0.137. The Bertz CT molecular complexity index is 1130. The molecule has 0 fully saturated rings. The Labute approximate surface area is 204 Å². The normalized spacial score (nSPS) is 19.9. The first-order chi connectivity index (χ1) is 16.5. The van der Waals surface area contributed by atoms with Crippen molar-refractivity contribution >= 4 is 34.7 Å². The number of nitrogens with two attached hydrogens (primary N) is 1. The van der Waals surface area contributed by atoms with Crippen LogP contribution in [0.2, 0.25) is 0 Å². The van der Waals surface area contributed by atoms with Crippen LogP contribution in [0.1, 0.15) is 51.8 Å². The molecule has 1 aliphatic carbocycles. The van der Waals surface area contributed by atoms with Crippen LogP contribution in [0.5, 0.6) is 0 Å². The van der Waals surface area contributed by atoms with Crippen LogP contribution >= 0.6 is 0 Å². The summed E-state index contributed by atoms with van der Waals surface area (Å²) >= 11 is 0. The average Bonchev–Trinajstić information content (AvgIpc) is 3.17. The maximum absolute atomic E-state index is 13.7. The number of primary amides is 1. The Kier molecular flexibility index (Phi) is 7.72. The van der Waals surface area contributed by atoms with Gasteiger partial charge in [-0.15, -0.1) is 0 Å². The zero-order valence-corrected chi connectivity index (χ0v) is 20.6. The van der Waals surface area contributed by atoms with Crippen LogP contribution in [0.25, 0.3) is 10.9 Å². The summed E-state index contributed by atoms with van der Waals surface area (Å²) in [6, 6.07) is 5.77. The van der Waals surface area contributed by atoms with Crippen molar-refractivity contribution in [2.24, 2.45) is 17.6 Å².